The number of thiophene rings is 1. The van der Waals surface area contributed by atoms with Gasteiger partial charge in [0.2, 0.25) is 0 Å². The zero-order valence-electron chi connectivity index (χ0n) is 12.2. The molecule has 0 N–H and O–H groups in total. The molecule has 2 aromatic rings. The van der Waals surface area contributed by atoms with Crippen LogP contribution in [0.1, 0.15) is 51.8 Å². The molecule has 98 valence electrons. The first kappa shape index (κ1) is 13.6. The van der Waals surface area contributed by atoms with Crippen molar-refractivity contribution in [3.8, 4) is 0 Å². The van der Waals surface area contributed by atoms with Crippen LogP contribution < -0.4 is 0 Å². The maximum absolute atomic E-state index is 2.41. The predicted octanol–water partition coefficient (Wildman–Crippen LogP) is 6.08. The van der Waals surface area contributed by atoms with E-state index in [0.29, 0.717) is 17.3 Å². The van der Waals surface area contributed by atoms with Gasteiger partial charge in [0.1, 0.15) is 0 Å². The fourth-order valence-electron chi connectivity index (χ4n) is 2.67. The Morgan fingerprint density at radius 2 is 1.83 bits per heavy atom. The highest BCUT2D eigenvalue weighted by Crippen LogP contribution is 2.46. The molecule has 0 aliphatic carbocycles. The molecule has 0 amide bonds. The molecule has 0 saturated heterocycles. The van der Waals surface area contributed by atoms with Crippen LogP contribution >= 0.6 is 11.3 Å². The fourth-order valence-corrected chi connectivity index (χ4v) is 4.11. The van der Waals surface area contributed by atoms with E-state index in [1.165, 1.54) is 16.5 Å². The lowest BCUT2D eigenvalue weighted by Crippen LogP contribution is -2.27. The number of hydrogen-bond acceptors (Lipinski definition) is 1. The molecule has 0 bridgehead atoms. The van der Waals surface area contributed by atoms with Crippen molar-refractivity contribution < 1.29 is 0 Å². The zero-order valence-corrected chi connectivity index (χ0v) is 13.0. The Bertz CT molecular complexity index is 486. The highest BCUT2D eigenvalue weighted by molar-refractivity contribution is 7.19. The second-order valence-electron chi connectivity index (χ2n) is 6.12. The van der Waals surface area contributed by atoms with Crippen LogP contribution in [-0.2, 0) is 0 Å². The van der Waals surface area contributed by atoms with Gasteiger partial charge < -0.3 is 0 Å². The summed E-state index contributed by atoms with van der Waals surface area (Å²) < 4.78 is 1.42. The van der Waals surface area contributed by atoms with Gasteiger partial charge in [-0.3, -0.25) is 0 Å². The van der Waals surface area contributed by atoms with E-state index < -0.39 is 0 Å². The molecule has 1 aromatic carbocycles. The molecule has 0 saturated carbocycles. The topological polar surface area (TPSA) is 0 Å². The second-order valence-corrected chi connectivity index (χ2v) is 7.24. The largest absolute Gasteiger partial charge is 0.140 e. The molecule has 18 heavy (non-hydrogen) atoms. The second kappa shape index (κ2) is 5.05. The van der Waals surface area contributed by atoms with Crippen molar-refractivity contribution in [3.63, 3.8) is 0 Å². The summed E-state index contributed by atoms with van der Waals surface area (Å²) in [7, 11) is 0. The highest BCUT2D eigenvalue weighted by atomic mass is 32.1. The summed E-state index contributed by atoms with van der Waals surface area (Å²) in [5.74, 6) is 1.36. The zero-order chi connectivity index (χ0) is 13.3. The van der Waals surface area contributed by atoms with E-state index in [-0.39, 0.29) is 0 Å². The average molecular weight is 260 g/mol. The third kappa shape index (κ3) is 2.33. The summed E-state index contributed by atoms with van der Waals surface area (Å²) in [6.07, 6.45) is 1.22. The quantitative estimate of drug-likeness (QED) is 0.625. The summed E-state index contributed by atoms with van der Waals surface area (Å²) in [6.45, 7) is 11.8. The van der Waals surface area contributed by atoms with Crippen molar-refractivity contribution in [2.24, 2.45) is 11.3 Å². The van der Waals surface area contributed by atoms with Crippen LogP contribution in [0.15, 0.2) is 30.3 Å². The molecule has 1 aromatic heterocycles. The van der Waals surface area contributed by atoms with Crippen molar-refractivity contribution in [1.29, 1.82) is 0 Å². The molecule has 0 spiro atoms. The third-order valence-corrected chi connectivity index (χ3v) is 5.81. The normalized spacial score (nSPS) is 14.3. The van der Waals surface area contributed by atoms with Gasteiger partial charge >= 0.3 is 0 Å². The van der Waals surface area contributed by atoms with Gasteiger partial charge in [-0.1, -0.05) is 52.8 Å². The van der Waals surface area contributed by atoms with Gasteiger partial charge in [0.25, 0.3) is 0 Å². The lowest BCUT2D eigenvalue weighted by molar-refractivity contribution is 0.190. The summed E-state index contributed by atoms with van der Waals surface area (Å²) in [6, 6.07) is 11.1. The van der Waals surface area contributed by atoms with Crippen molar-refractivity contribution >= 4 is 21.4 Å². The molecule has 0 radical (unpaired) electrons. The van der Waals surface area contributed by atoms with Gasteiger partial charge in [-0.05, 0) is 41.2 Å². The number of hydrogen-bond donors (Lipinski definition) is 0. The third-order valence-electron chi connectivity index (χ3n) is 4.58. The SMILES string of the molecule is CCC(c1cc2ccccc2s1)C(C)(C)C(C)C. The summed E-state index contributed by atoms with van der Waals surface area (Å²) >= 11 is 1.97. The van der Waals surface area contributed by atoms with Gasteiger partial charge in [0.05, 0.1) is 0 Å². The maximum atomic E-state index is 2.41. The lowest BCUT2D eigenvalue weighted by atomic mass is 9.69. The first-order valence-corrected chi connectivity index (χ1v) is 7.77. The molecule has 1 heterocycles. The maximum Gasteiger partial charge on any atom is 0.0345 e. The smallest absolute Gasteiger partial charge is 0.0345 e. The minimum Gasteiger partial charge on any atom is -0.140 e. The molecule has 1 atom stereocenters. The van der Waals surface area contributed by atoms with Crippen LogP contribution in [0.25, 0.3) is 10.1 Å². The van der Waals surface area contributed by atoms with E-state index in [2.05, 4.69) is 65.0 Å². The van der Waals surface area contributed by atoms with E-state index in [1.54, 1.807) is 4.88 Å². The Balaban J connectivity index is 2.44. The van der Waals surface area contributed by atoms with Gasteiger partial charge in [0, 0.05) is 9.58 Å². The Morgan fingerprint density at radius 1 is 1.17 bits per heavy atom. The van der Waals surface area contributed by atoms with E-state index >= 15 is 0 Å². The number of fused-ring (bicyclic) bond motifs is 1. The molecule has 0 fully saturated rings. The average Bonchev–Trinajstić information content (AvgIpc) is 2.72. The van der Waals surface area contributed by atoms with Crippen LogP contribution in [0.5, 0.6) is 0 Å². The van der Waals surface area contributed by atoms with Gasteiger partial charge in [0.15, 0.2) is 0 Å². The Morgan fingerprint density at radius 3 is 2.39 bits per heavy atom. The van der Waals surface area contributed by atoms with E-state index in [0.717, 1.165) is 0 Å². The molecule has 2 rings (SSSR count). The monoisotopic (exact) mass is 260 g/mol. The van der Waals surface area contributed by atoms with Crippen LogP contribution in [0.2, 0.25) is 0 Å². The number of benzene rings is 1. The van der Waals surface area contributed by atoms with E-state index in [4.69, 9.17) is 0 Å². The highest BCUT2D eigenvalue weighted by Gasteiger charge is 2.33. The van der Waals surface area contributed by atoms with Crippen molar-refractivity contribution in [1.82, 2.24) is 0 Å². The van der Waals surface area contributed by atoms with Gasteiger partial charge in [-0.15, -0.1) is 11.3 Å². The molecular formula is C17H24S. The Kier molecular flexibility index (Phi) is 3.82. The van der Waals surface area contributed by atoms with Crippen LogP contribution in [0, 0.1) is 11.3 Å². The Hall–Kier alpha value is -0.820. The molecular weight excluding hydrogens is 236 g/mol. The lowest BCUT2D eigenvalue weighted by Gasteiger charge is -2.37. The van der Waals surface area contributed by atoms with Crippen LogP contribution in [0.4, 0.5) is 0 Å². The predicted molar refractivity (Wildman–Crippen MR) is 83.5 cm³/mol. The van der Waals surface area contributed by atoms with Gasteiger partial charge in [-0.2, -0.15) is 0 Å². The van der Waals surface area contributed by atoms with Crippen LogP contribution in [0.3, 0.4) is 0 Å². The fraction of sp³-hybridized carbons (Fsp3) is 0.529. The number of rotatable bonds is 4. The van der Waals surface area contributed by atoms with Crippen molar-refractivity contribution in [2.75, 3.05) is 0 Å². The van der Waals surface area contributed by atoms with E-state index in [9.17, 15) is 0 Å². The minimum atomic E-state index is 0.357. The summed E-state index contributed by atoms with van der Waals surface area (Å²) in [5.41, 5.74) is 0.357. The summed E-state index contributed by atoms with van der Waals surface area (Å²) in [5, 5.41) is 1.40. The van der Waals surface area contributed by atoms with Crippen molar-refractivity contribution in [3.05, 3.63) is 35.2 Å². The molecule has 0 aliphatic heterocycles. The Labute approximate surface area is 115 Å². The van der Waals surface area contributed by atoms with E-state index in [1.807, 2.05) is 11.3 Å². The standard InChI is InChI=1S/C17H24S/c1-6-14(17(4,5)12(2)3)16-11-13-9-7-8-10-15(13)18-16/h7-12,14H,6H2,1-5H3. The molecule has 1 unspecified atom stereocenters. The van der Waals surface area contributed by atoms with Gasteiger partial charge in [-0.25, -0.2) is 0 Å². The van der Waals surface area contributed by atoms with Crippen LogP contribution in [-0.4, -0.2) is 0 Å². The van der Waals surface area contributed by atoms with Crippen molar-refractivity contribution in [2.45, 2.75) is 47.0 Å². The minimum absolute atomic E-state index is 0.357. The molecule has 0 aliphatic rings. The first-order chi connectivity index (χ1) is 8.46. The summed E-state index contributed by atoms with van der Waals surface area (Å²) in [4.78, 5) is 1.55. The molecule has 1 heteroatoms. The first-order valence-electron chi connectivity index (χ1n) is 6.95. The molecule has 0 nitrogen and oxygen atoms in total.